The van der Waals surface area contributed by atoms with Crippen LogP contribution in [0, 0.1) is 6.92 Å². The molecular weight excluding hydrogens is 368 g/mol. The van der Waals surface area contributed by atoms with Gasteiger partial charge in [-0.2, -0.15) is 0 Å². The lowest BCUT2D eigenvalue weighted by Crippen LogP contribution is -2.38. The molecule has 0 spiro atoms. The number of aryl methyl sites for hydroxylation is 1. The van der Waals surface area contributed by atoms with E-state index in [1.807, 2.05) is 17.0 Å². The van der Waals surface area contributed by atoms with E-state index >= 15 is 0 Å². The van der Waals surface area contributed by atoms with E-state index < -0.39 is 0 Å². The van der Waals surface area contributed by atoms with E-state index in [1.54, 1.807) is 18.4 Å². The van der Waals surface area contributed by atoms with E-state index in [9.17, 15) is 4.79 Å². The summed E-state index contributed by atoms with van der Waals surface area (Å²) in [6.45, 7) is 3.79. The molecule has 2 aliphatic rings. The Labute approximate surface area is 165 Å². The number of methoxy groups -OCH3 is 1. The molecule has 0 radical (unpaired) electrons. The maximum atomic E-state index is 13.0. The molecule has 2 aliphatic heterocycles. The van der Waals surface area contributed by atoms with Crippen molar-refractivity contribution in [2.24, 2.45) is 0 Å². The second-order valence-corrected chi connectivity index (χ2v) is 8.24. The van der Waals surface area contributed by atoms with Crippen molar-refractivity contribution in [1.29, 1.82) is 0 Å². The maximum absolute atomic E-state index is 13.0. The summed E-state index contributed by atoms with van der Waals surface area (Å²) >= 11 is 1.60. The fourth-order valence-electron chi connectivity index (χ4n) is 3.93. The zero-order valence-electron chi connectivity index (χ0n) is 15.2. The lowest BCUT2D eigenvalue weighted by molar-refractivity contribution is 0.0753. The van der Waals surface area contributed by atoms with Crippen LogP contribution in [0.25, 0.3) is 11.1 Å². The summed E-state index contributed by atoms with van der Waals surface area (Å²) in [4.78, 5) is 17.1. The molecule has 2 unspecified atom stereocenters. The standard InChI is InChI=1S/C20H24N2O2S.ClH/c1-13-18(14-3-7-17(24-2)8-4-14)11-19(25-13)20(23)22-10-9-15-5-6-16(12-22)21-15;/h3-4,7-8,11,15-16,21H,5-6,9-10,12H2,1-2H3;1H. The topological polar surface area (TPSA) is 41.6 Å². The van der Waals surface area contributed by atoms with Crippen LogP contribution in [0.5, 0.6) is 5.75 Å². The lowest BCUT2D eigenvalue weighted by Gasteiger charge is -2.23. The van der Waals surface area contributed by atoms with Crippen LogP contribution in [-0.2, 0) is 0 Å². The number of carbonyl (C=O) groups excluding carboxylic acids is 1. The Morgan fingerprint density at radius 1 is 1.19 bits per heavy atom. The minimum absolute atomic E-state index is 0. The van der Waals surface area contributed by atoms with Gasteiger partial charge < -0.3 is 15.0 Å². The molecule has 2 atom stereocenters. The van der Waals surface area contributed by atoms with Crippen LogP contribution >= 0.6 is 23.7 Å². The number of rotatable bonds is 3. The third-order valence-corrected chi connectivity index (χ3v) is 6.38. The van der Waals surface area contributed by atoms with Crippen LogP contribution in [0.4, 0.5) is 0 Å². The number of fused-ring (bicyclic) bond motifs is 2. The average molecular weight is 393 g/mol. The van der Waals surface area contributed by atoms with Gasteiger partial charge in [-0.3, -0.25) is 4.79 Å². The van der Waals surface area contributed by atoms with Gasteiger partial charge in [0.2, 0.25) is 0 Å². The second kappa shape index (κ2) is 7.99. The first-order valence-corrected chi connectivity index (χ1v) is 9.76. The van der Waals surface area contributed by atoms with E-state index in [-0.39, 0.29) is 18.3 Å². The summed E-state index contributed by atoms with van der Waals surface area (Å²) in [6, 6.07) is 11.2. The lowest BCUT2D eigenvalue weighted by atomic mass is 10.1. The highest BCUT2D eigenvalue weighted by atomic mass is 35.5. The molecule has 2 fully saturated rings. The minimum atomic E-state index is 0. The minimum Gasteiger partial charge on any atom is -0.497 e. The summed E-state index contributed by atoms with van der Waals surface area (Å²) in [7, 11) is 1.67. The highest BCUT2D eigenvalue weighted by Crippen LogP contribution is 2.33. The van der Waals surface area contributed by atoms with E-state index in [1.165, 1.54) is 17.7 Å². The second-order valence-electron chi connectivity index (χ2n) is 6.99. The Morgan fingerprint density at radius 3 is 2.65 bits per heavy atom. The fourth-order valence-corrected chi connectivity index (χ4v) is 4.94. The summed E-state index contributed by atoms with van der Waals surface area (Å²) < 4.78 is 5.23. The molecule has 2 bridgehead atoms. The van der Waals surface area contributed by atoms with Gasteiger partial charge >= 0.3 is 0 Å². The van der Waals surface area contributed by atoms with E-state index in [2.05, 4.69) is 30.4 Å². The molecule has 0 aliphatic carbocycles. The number of ether oxygens (including phenoxy) is 1. The molecule has 1 N–H and O–H groups in total. The molecule has 1 amide bonds. The van der Waals surface area contributed by atoms with Gasteiger partial charge in [0.1, 0.15) is 5.75 Å². The maximum Gasteiger partial charge on any atom is 0.264 e. The normalized spacial score (nSPS) is 21.8. The fraction of sp³-hybridized carbons (Fsp3) is 0.450. The van der Waals surface area contributed by atoms with Gasteiger partial charge in [0.05, 0.1) is 12.0 Å². The predicted molar refractivity (Wildman–Crippen MR) is 109 cm³/mol. The smallest absolute Gasteiger partial charge is 0.264 e. The monoisotopic (exact) mass is 392 g/mol. The number of benzene rings is 1. The third-order valence-electron chi connectivity index (χ3n) is 5.34. The summed E-state index contributed by atoms with van der Waals surface area (Å²) in [5, 5.41) is 3.64. The summed E-state index contributed by atoms with van der Waals surface area (Å²) in [5.74, 6) is 1.03. The number of hydrogen-bond acceptors (Lipinski definition) is 4. The molecule has 26 heavy (non-hydrogen) atoms. The van der Waals surface area contributed by atoms with Crippen LogP contribution in [0.3, 0.4) is 0 Å². The number of amides is 1. The average Bonchev–Trinajstić information content (AvgIpc) is 3.17. The third kappa shape index (κ3) is 3.75. The molecule has 2 saturated heterocycles. The molecule has 4 rings (SSSR count). The Kier molecular flexibility index (Phi) is 5.90. The van der Waals surface area contributed by atoms with Crippen LogP contribution in [0.15, 0.2) is 30.3 Å². The summed E-state index contributed by atoms with van der Waals surface area (Å²) in [5.41, 5.74) is 2.27. The molecule has 1 aromatic heterocycles. The van der Waals surface area contributed by atoms with Crippen molar-refractivity contribution in [3.8, 4) is 16.9 Å². The van der Waals surface area contributed by atoms with Gasteiger partial charge in [0.15, 0.2) is 0 Å². The van der Waals surface area contributed by atoms with Gasteiger partial charge in [-0.05, 0) is 55.5 Å². The van der Waals surface area contributed by atoms with Crippen molar-refractivity contribution in [3.63, 3.8) is 0 Å². The molecule has 3 heterocycles. The Morgan fingerprint density at radius 2 is 1.92 bits per heavy atom. The molecular formula is C20H25ClN2O2S. The van der Waals surface area contributed by atoms with Gasteiger partial charge in [-0.15, -0.1) is 23.7 Å². The predicted octanol–water partition coefficient (Wildman–Crippen LogP) is 4.12. The molecule has 6 heteroatoms. The van der Waals surface area contributed by atoms with Gasteiger partial charge in [-0.25, -0.2) is 0 Å². The highest BCUT2D eigenvalue weighted by Gasteiger charge is 2.32. The van der Waals surface area contributed by atoms with Crippen molar-refractivity contribution >= 4 is 29.7 Å². The number of hydrogen-bond donors (Lipinski definition) is 1. The number of thiophene rings is 1. The number of likely N-dealkylation sites (tertiary alicyclic amines) is 1. The molecule has 2 aromatic rings. The van der Waals surface area contributed by atoms with Crippen molar-refractivity contribution in [2.45, 2.75) is 38.3 Å². The molecule has 1 aromatic carbocycles. The first-order chi connectivity index (χ1) is 12.1. The van der Waals surface area contributed by atoms with E-state index in [0.717, 1.165) is 41.3 Å². The number of nitrogens with one attached hydrogen (secondary N) is 1. The van der Waals surface area contributed by atoms with Crippen molar-refractivity contribution in [2.75, 3.05) is 20.2 Å². The van der Waals surface area contributed by atoms with Crippen molar-refractivity contribution < 1.29 is 9.53 Å². The van der Waals surface area contributed by atoms with Crippen LogP contribution < -0.4 is 10.1 Å². The highest BCUT2D eigenvalue weighted by molar-refractivity contribution is 7.14. The summed E-state index contributed by atoms with van der Waals surface area (Å²) in [6.07, 6.45) is 3.51. The Bertz CT molecular complexity index is 775. The SMILES string of the molecule is COc1ccc(-c2cc(C(=O)N3CCC4CCC(C3)N4)sc2C)cc1.Cl. The van der Waals surface area contributed by atoms with Gasteiger partial charge in [0.25, 0.3) is 5.91 Å². The zero-order valence-corrected chi connectivity index (χ0v) is 16.8. The van der Waals surface area contributed by atoms with Crippen molar-refractivity contribution in [1.82, 2.24) is 10.2 Å². The largest absolute Gasteiger partial charge is 0.497 e. The molecule has 0 saturated carbocycles. The zero-order chi connectivity index (χ0) is 17.4. The molecule has 140 valence electrons. The Balaban J connectivity index is 0.00000196. The first-order valence-electron chi connectivity index (χ1n) is 8.94. The molecule has 4 nitrogen and oxygen atoms in total. The van der Waals surface area contributed by atoms with Crippen LogP contribution in [0.2, 0.25) is 0 Å². The first kappa shape index (κ1) is 19.2. The van der Waals surface area contributed by atoms with Gasteiger partial charge in [0, 0.05) is 30.1 Å². The van der Waals surface area contributed by atoms with E-state index in [4.69, 9.17) is 4.74 Å². The van der Waals surface area contributed by atoms with Crippen LogP contribution in [0.1, 0.15) is 33.8 Å². The number of nitrogens with zero attached hydrogens (tertiary/aromatic N) is 1. The Hall–Kier alpha value is -1.56. The van der Waals surface area contributed by atoms with E-state index in [0.29, 0.717) is 12.1 Å². The van der Waals surface area contributed by atoms with Crippen molar-refractivity contribution in [3.05, 3.63) is 40.1 Å². The quantitative estimate of drug-likeness (QED) is 0.854. The van der Waals surface area contributed by atoms with Gasteiger partial charge in [-0.1, -0.05) is 12.1 Å². The van der Waals surface area contributed by atoms with Crippen LogP contribution in [-0.4, -0.2) is 43.1 Å². The number of halogens is 1. The number of carbonyl (C=O) groups is 1.